The van der Waals surface area contributed by atoms with E-state index in [1.807, 2.05) is 45.0 Å². The predicted molar refractivity (Wildman–Crippen MR) is 139 cm³/mol. The first-order valence-electron chi connectivity index (χ1n) is 11.6. The molecule has 0 aliphatic carbocycles. The number of benzene rings is 2. The van der Waals surface area contributed by atoms with Gasteiger partial charge in [-0.05, 0) is 69.9 Å². The molecular formula is C26H34N4O5S. The zero-order valence-corrected chi connectivity index (χ0v) is 22.1. The number of ether oxygens (including phenoxy) is 1. The van der Waals surface area contributed by atoms with Gasteiger partial charge in [-0.3, -0.25) is 5.32 Å². The standard InChI is InChI=1S/C26H34N4O5S/c1-17-8-6-11-21(12-17)36(33,34)30-25-28-22(24-18(2)9-7-10-19(24)3)13-23(29-25)35-15-20(27-16-31)14-26(4,5)32/h6-13,20,27,31-32H,14-16H2,1-5H3,(H,28,29,30)/t20-/m1/s1. The topological polar surface area (TPSA) is 134 Å². The molecule has 0 aliphatic rings. The molecular weight excluding hydrogens is 480 g/mol. The van der Waals surface area contributed by atoms with Gasteiger partial charge in [-0.2, -0.15) is 4.98 Å². The first kappa shape index (κ1) is 27.5. The lowest BCUT2D eigenvalue weighted by Crippen LogP contribution is -2.41. The maximum Gasteiger partial charge on any atom is 0.264 e. The van der Waals surface area contributed by atoms with Crippen molar-refractivity contribution in [2.24, 2.45) is 0 Å². The Morgan fingerprint density at radius 1 is 1.03 bits per heavy atom. The van der Waals surface area contributed by atoms with E-state index in [4.69, 9.17) is 4.74 Å². The van der Waals surface area contributed by atoms with E-state index in [2.05, 4.69) is 20.0 Å². The van der Waals surface area contributed by atoms with Crippen LogP contribution < -0.4 is 14.8 Å². The number of aliphatic hydroxyl groups is 2. The van der Waals surface area contributed by atoms with Gasteiger partial charge in [-0.1, -0.05) is 30.3 Å². The van der Waals surface area contributed by atoms with E-state index in [0.717, 1.165) is 22.3 Å². The van der Waals surface area contributed by atoms with Crippen molar-refractivity contribution in [2.75, 3.05) is 18.1 Å². The number of anilines is 1. The van der Waals surface area contributed by atoms with Crippen LogP contribution in [0.2, 0.25) is 0 Å². The zero-order valence-electron chi connectivity index (χ0n) is 21.2. The molecule has 1 atom stereocenters. The van der Waals surface area contributed by atoms with Gasteiger partial charge in [-0.15, -0.1) is 0 Å². The highest BCUT2D eigenvalue weighted by atomic mass is 32.2. The third-order valence-electron chi connectivity index (χ3n) is 5.52. The van der Waals surface area contributed by atoms with Crippen LogP contribution in [0.15, 0.2) is 53.4 Å². The van der Waals surface area contributed by atoms with Crippen LogP contribution in [0.1, 0.15) is 37.0 Å². The summed E-state index contributed by atoms with van der Waals surface area (Å²) in [6, 6.07) is 13.7. The summed E-state index contributed by atoms with van der Waals surface area (Å²) in [4.78, 5) is 8.91. The zero-order chi connectivity index (χ0) is 26.5. The number of aliphatic hydroxyl groups excluding tert-OH is 1. The average Bonchev–Trinajstić information content (AvgIpc) is 2.76. The molecule has 10 heteroatoms. The highest BCUT2D eigenvalue weighted by Gasteiger charge is 2.22. The quantitative estimate of drug-likeness (QED) is 0.286. The SMILES string of the molecule is Cc1cccc(S(=O)(=O)Nc2nc(OC[C@@H](CC(C)(C)O)NCO)cc(-c3c(C)cccc3C)n2)c1. The van der Waals surface area contributed by atoms with Crippen LogP contribution in [0.3, 0.4) is 0 Å². The van der Waals surface area contributed by atoms with Crippen molar-refractivity contribution >= 4 is 16.0 Å². The molecule has 0 aliphatic heterocycles. The van der Waals surface area contributed by atoms with E-state index in [0.29, 0.717) is 12.1 Å². The molecule has 0 fully saturated rings. The van der Waals surface area contributed by atoms with Crippen molar-refractivity contribution in [3.63, 3.8) is 0 Å². The van der Waals surface area contributed by atoms with E-state index in [9.17, 15) is 18.6 Å². The molecule has 0 saturated carbocycles. The normalized spacial score (nSPS) is 12.9. The molecule has 0 bridgehead atoms. The number of rotatable bonds is 11. The van der Waals surface area contributed by atoms with E-state index in [1.54, 1.807) is 32.0 Å². The Balaban J connectivity index is 2.00. The Kier molecular flexibility index (Phi) is 8.67. The number of nitrogens with one attached hydrogen (secondary N) is 2. The summed E-state index contributed by atoms with van der Waals surface area (Å²) in [5.74, 6) is 0.0332. The van der Waals surface area contributed by atoms with E-state index < -0.39 is 15.6 Å². The minimum atomic E-state index is -3.94. The maximum absolute atomic E-state index is 13.1. The second kappa shape index (κ2) is 11.3. The van der Waals surface area contributed by atoms with Crippen molar-refractivity contribution < 1.29 is 23.4 Å². The van der Waals surface area contributed by atoms with Gasteiger partial charge in [0.25, 0.3) is 10.0 Å². The number of aromatic nitrogens is 2. The van der Waals surface area contributed by atoms with Gasteiger partial charge < -0.3 is 14.9 Å². The largest absolute Gasteiger partial charge is 0.476 e. The molecule has 3 aromatic rings. The van der Waals surface area contributed by atoms with Crippen molar-refractivity contribution in [2.45, 2.75) is 57.6 Å². The van der Waals surface area contributed by atoms with Crippen molar-refractivity contribution in [3.05, 3.63) is 65.2 Å². The van der Waals surface area contributed by atoms with E-state index in [-0.39, 0.29) is 36.1 Å². The highest BCUT2D eigenvalue weighted by molar-refractivity contribution is 7.92. The van der Waals surface area contributed by atoms with Crippen molar-refractivity contribution in [1.82, 2.24) is 15.3 Å². The van der Waals surface area contributed by atoms with Gasteiger partial charge in [0.05, 0.1) is 22.9 Å². The Labute approximate surface area is 212 Å². The lowest BCUT2D eigenvalue weighted by molar-refractivity contribution is 0.0464. The summed E-state index contributed by atoms with van der Waals surface area (Å²) in [5.41, 5.74) is 3.11. The van der Waals surface area contributed by atoms with Crippen LogP contribution in [0.5, 0.6) is 5.88 Å². The summed E-state index contributed by atoms with van der Waals surface area (Å²) < 4.78 is 34.5. The van der Waals surface area contributed by atoms with Gasteiger partial charge in [0.1, 0.15) is 6.61 Å². The third-order valence-corrected chi connectivity index (χ3v) is 6.85. The fourth-order valence-electron chi connectivity index (χ4n) is 3.96. The van der Waals surface area contributed by atoms with E-state index >= 15 is 0 Å². The Morgan fingerprint density at radius 3 is 2.31 bits per heavy atom. The average molecular weight is 515 g/mol. The molecule has 36 heavy (non-hydrogen) atoms. The van der Waals surface area contributed by atoms with Gasteiger partial charge in [0.15, 0.2) is 0 Å². The summed E-state index contributed by atoms with van der Waals surface area (Å²) in [5, 5.41) is 22.4. The molecule has 1 aromatic heterocycles. The molecule has 0 radical (unpaired) electrons. The summed E-state index contributed by atoms with van der Waals surface area (Å²) in [6.45, 7) is 8.84. The van der Waals surface area contributed by atoms with Gasteiger partial charge in [0, 0.05) is 17.7 Å². The summed E-state index contributed by atoms with van der Waals surface area (Å²) in [6.07, 6.45) is 0.315. The fourth-order valence-corrected chi connectivity index (χ4v) is 5.01. The van der Waals surface area contributed by atoms with Gasteiger partial charge in [0.2, 0.25) is 11.8 Å². The van der Waals surface area contributed by atoms with Gasteiger partial charge >= 0.3 is 0 Å². The molecule has 2 aromatic carbocycles. The van der Waals surface area contributed by atoms with Crippen molar-refractivity contribution in [3.8, 4) is 17.1 Å². The van der Waals surface area contributed by atoms with Crippen LogP contribution in [0.4, 0.5) is 5.95 Å². The highest BCUT2D eigenvalue weighted by Crippen LogP contribution is 2.29. The van der Waals surface area contributed by atoms with E-state index in [1.165, 1.54) is 6.07 Å². The number of aryl methyl sites for hydroxylation is 3. The minimum Gasteiger partial charge on any atom is -0.476 e. The first-order valence-corrected chi connectivity index (χ1v) is 13.1. The Morgan fingerprint density at radius 2 is 1.69 bits per heavy atom. The second-order valence-electron chi connectivity index (χ2n) is 9.49. The van der Waals surface area contributed by atoms with Crippen LogP contribution in [-0.2, 0) is 10.0 Å². The summed E-state index contributed by atoms with van der Waals surface area (Å²) >= 11 is 0. The number of sulfonamides is 1. The molecule has 0 saturated heterocycles. The third kappa shape index (κ3) is 7.47. The molecule has 3 rings (SSSR count). The first-order chi connectivity index (χ1) is 16.9. The number of nitrogens with zero attached hydrogens (tertiary/aromatic N) is 2. The van der Waals surface area contributed by atoms with Crippen LogP contribution in [0.25, 0.3) is 11.3 Å². The smallest absolute Gasteiger partial charge is 0.264 e. The minimum absolute atomic E-state index is 0.0812. The lowest BCUT2D eigenvalue weighted by Gasteiger charge is -2.25. The van der Waals surface area contributed by atoms with Crippen LogP contribution in [0, 0.1) is 20.8 Å². The molecule has 9 nitrogen and oxygen atoms in total. The Bertz CT molecular complexity index is 1290. The Hall–Kier alpha value is -3.05. The molecule has 1 heterocycles. The van der Waals surface area contributed by atoms with Crippen LogP contribution >= 0.6 is 0 Å². The number of hydrogen-bond acceptors (Lipinski definition) is 8. The fraction of sp³-hybridized carbons (Fsp3) is 0.385. The summed E-state index contributed by atoms with van der Waals surface area (Å²) in [7, 11) is -3.94. The molecule has 0 unspecified atom stereocenters. The predicted octanol–water partition coefficient (Wildman–Crippen LogP) is 3.32. The molecule has 4 N–H and O–H groups in total. The van der Waals surface area contributed by atoms with Crippen LogP contribution in [-0.4, -0.2) is 53.6 Å². The van der Waals surface area contributed by atoms with Gasteiger partial charge in [-0.25, -0.2) is 18.1 Å². The monoisotopic (exact) mass is 514 g/mol. The molecule has 0 spiro atoms. The maximum atomic E-state index is 13.1. The molecule has 0 amide bonds. The molecule has 194 valence electrons. The van der Waals surface area contributed by atoms with Crippen molar-refractivity contribution in [1.29, 1.82) is 0 Å². The lowest BCUT2D eigenvalue weighted by atomic mass is 9.99. The second-order valence-corrected chi connectivity index (χ2v) is 11.2. The number of hydrogen-bond donors (Lipinski definition) is 4.